The standard InChI is InChI=1S/C13H16F2N2O/c1-17(6-7-18)5-4-9-8-16-11-3-2-10(14)13(15)12(9)11/h2-3,8,16,18H,4-7H2,1H3. The molecule has 0 saturated carbocycles. The molecule has 0 aliphatic heterocycles. The number of rotatable bonds is 5. The molecule has 5 heteroatoms. The Bertz CT molecular complexity index is 539. The summed E-state index contributed by atoms with van der Waals surface area (Å²) in [7, 11) is 1.88. The highest BCUT2D eigenvalue weighted by Gasteiger charge is 2.13. The molecule has 0 amide bonds. The molecule has 2 N–H and O–H groups in total. The first kappa shape index (κ1) is 13.0. The molecule has 0 aliphatic carbocycles. The van der Waals surface area contributed by atoms with Crippen LogP contribution in [0.4, 0.5) is 8.78 Å². The number of hydrogen-bond donors (Lipinski definition) is 2. The lowest BCUT2D eigenvalue weighted by Gasteiger charge is -2.14. The fourth-order valence-electron chi connectivity index (χ4n) is 2.01. The minimum absolute atomic E-state index is 0.0906. The third kappa shape index (κ3) is 2.52. The van der Waals surface area contributed by atoms with Crippen molar-refractivity contribution in [2.75, 3.05) is 26.7 Å². The summed E-state index contributed by atoms with van der Waals surface area (Å²) in [6, 6.07) is 2.66. The second-order valence-corrected chi connectivity index (χ2v) is 4.37. The summed E-state index contributed by atoms with van der Waals surface area (Å²) in [5, 5.41) is 9.12. The van der Waals surface area contributed by atoms with E-state index in [0.717, 1.165) is 11.6 Å². The summed E-state index contributed by atoms with van der Waals surface area (Å²) < 4.78 is 26.9. The number of benzene rings is 1. The Morgan fingerprint density at radius 3 is 2.78 bits per heavy atom. The summed E-state index contributed by atoms with van der Waals surface area (Å²) in [4.78, 5) is 4.88. The van der Waals surface area contributed by atoms with Gasteiger partial charge < -0.3 is 15.0 Å². The van der Waals surface area contributed by atoms with Crippen LogP contribution in [0.5, 0.6) is 0 Å². The van der Waals surface area contributed by atoms with Gasteiger partial charge in [-0.15, -0.1) is 0 Å². The summed E-state index contributed by atoms with van der Waals surface area (Å²) >= 11 is 0. The van der Waals surface area contributed by atoms with Crippen LogP contribution in [0.15, 0.2) is 18.3 Å². The summed E-state index contributed by atoms with van der Waals surface area (Å²) in [5.74, 6) is -1.62. The van der Waals surface area contributed by atoms with Gasteiger partial charge >= 0.3 is 0 Å². The highest BCUT2D eigenvalue weighted by molar-refractivity contribution is 5.83. The number of likely N-dealkylation sites (N-methyl/N-ethyl adjacent to an activating group) is 1. The Morgan fingerprint density at radius 1 is 1.28 bits per heavy atom. The van der Waals surface area contributed by atoms with Crippen LogP contribution < -0.4 is 0 Å². The third-order valence-electron chi connectivity index (χ3n) is 3.06. The van der Waals surface area contributed by atoms with Gasteiger partial charge in [0.05, 0.1) is 6.61 Å². The van der Waals surface area contributed by atoms with Gasteiger partial charge in [-0.3, -0.25) is 0 Å². The molecule has 3 nitrogen and oxygen atoms in total. The fraction of sp³-hybridized carbons (Fsp3) is 0.385. The van der Waals surface area contributed by atoms with E-state index in [1.54, 1.807) is 6.20 Å². The average molecular weight is 254 g/mol. The largest absolute Gasteiger partial charge is 0.395 e. The number of nitrogens with zero attached hydrogens (tertiary/aromatic N) is 1. The highest BCUT2D eigenvalue weighted by atomic mass is 19.2. The molecule has 0 fully saturated rings. The lowest BCUT2D eigenvalue weighted by Crippen LogP contribution is -2.24. The second kappa shape index (κ2) is 5.46. The molecular formula is C13H16F2N2O. The number of fused-ring (bicyclic) bond motifs is 1. The van der Waals surface area contributed by atoms with Crippen molar-refractivity contribution in [3.63, 3.8) is 0 Å². The minimum atomic E-state index is -0.827. The molecule has 2 rings (SSSR count). The van der Waals surface area contributed by atoms with E-state index in [2.05, 4.69) is 4.98 Å². The van der Waals surface area contributed by atoms with Crippen molar-refractivity contribution in [2.45, 2.75) is 6.42 Å². The van der Waals surface area contributed by atoms with E-state index in [4.69, 9.17) is 5.11 Å². The number of aromatic nitrogens is 1. The van der Waals surface area contributed by atoms with E-state index in [1.807, 2.05) is 11.9 Å². The molecule has 1 aromatic carbocycles. The van der Waals surface area contributed by atoms with Crippen molar-refractivity contribution in [1.29, 1.82) is 0 Å². The van der Waals surface area contributed by atoms with E-state index >= 15 is 0 Å². The number of aromatic amines is 1. The Kier molecular flexibility index (Phi) is 3.93. The van der Waals surface area contributed by atoms with Crippen LogP contribution in [0.3, 0.4) is 0 Å². The highest BCUT2D eigenvalue weighted by Crippen LogP contribution is 2.24. The van der Waals surface area contributed by atoms with Crippen molar-refractivity contribution in [2.24, 2.45) is 0 Å². The maximum absolute atomic E-state index is 13.7. The molecule has 0 unspecified atom stereocenters. The van der Waals surface area contributed by atoms with E-state index in [1.165, 1.54) is 6.07 Å². The first-order valence-corrected chi connectivity index (χ1v) is 5.87. The number of halogens is 2. The summed E-state index contributed by atoms with van der Waals surface area (Å²) in [6.45, 7) is 1.34. The molecular weight excluding hydrogens is 238 g/mol. The quantitative estimate of drug-likeness (QED) is 0.855. The van der Waals surface area contributed by atoms with Crippen LogP contribution in [-0.4, -0.2) is 41.7 Å². The molecule has 98 valence electrons. The smallest absolute Gasteiger partial charge is 0.168 e. The molecule has 0 bridgehead atoms. The molecule has 0 spiro atoms. The van der Waals surface area contributed by atoms with E-state index in [-0.39, 0.29) is 6.61 Å². The zero-order valence-electron chi connectivity index (χ0n) is 10.2. The van der Waals surface area contributed by atoms with Gasteiger partial charge in [-0.05, 0) is 31.2 Å². The Morgan fingerprint density at radius 2 is 2.06 bits per heavy atom. The molecule has 0 atom stereocenters. The zero-order chi connectivity index (χ0) is 13.1. The van der Waals surface area contributed by atoms with Crippen LogP contribution in [0.2, 0.25) is 0 Å². The van der Waals surface area contributed by atoms with Crippen LogP contribution in [0.25, 0.3) is 10.9 Å². The van der Waals surface area contributed by atoms with Gasteiger partial charge in [0.15, 0.2) is 11.6 Å². The van der Waals surface area contributed by atoms with Gasteiger partial charge in [0.2, 0.25) is 0 Å². The predicted octanol–water partition coefficient (Wildman–Crippen LogP) is 1.91. The van der Waals surface area contributed by atoms with E-state index in [0.29, 0.717) is 30.4 Å². The molecule has 18 heavy (non-hydrogen) atoms. The Hall–Kier alpha value is -1.46. The number of nitrogens with one attached hydrogen (secondary N) is 1. The molecule has 0 saturated heterocycles. The Balaban J connectivity index is 2.21. The number of aliphatic hydroxyl groups is 1. The minimum Gasteiger partial charge on any atom is -0.395 e. The van der Waals surface area contributed by atoms with E-state index < -0.39 is 11.6 Å². The number of H-pyrrole nitrogens is 1. The van der Waals surface area contributed by atoms with Crippen molar-refractivity contribution in [3.8, 4) is 0 Å². The van der Waals surface area contributed by atoms with Crippen LogP contribution in [0, 0.1) is 11.6 Å². The zero-order valence-corrected chi connectivity index (χ0v) is 10.2. The van der Waals surface area contributed by atoms with Crippen molar-refractivity contribution in [1.82, 2.24) is 9.88 Å². The normalized spacial score (nSPS) is 11.6. The second-order valence-electron chi connectivity index (χ2n) is 4.37. The lowest BCUT2D eigenvalue weighted by atomic mass is 10.1. The molecule has 1 heterocycles. The topological polar surface area (TPSA) is 39.3 Å². The van der Waals surface area contributed by atoms with Crippen molar-refractivity contribution >= 4 is 10.9 Å². The van der Waals surface area contributed by atoms with E-state index in [9.17, 15) is 8.78 Å². The SMILES string of the molecule is CN(CCO)CCc1c[nH]c2ccc(F)c(F)c12. The molecule has 0 radical (unpaired) electrons. The molecule has 1 aromatic heterocycles. The average Bonchev–Trinajstić information content (AvgIpc) is 2.75. The summed E-state index contributed by atoms with van der Waals surface area (Å²) in [6.07, 6.45) is 2.32. The monoisotopic (exact) mass is 254 g/mol. The number of aliphatic hydroxyl groups excluding tert-OH is 1. The predicted molar refractivity (Wildman–Crippen MR) is 66.5 cm³/mol. The maximum Gasteiger partial charge on any atom is 0.168 e. The molecule has 0 aliphatic rings. The maximum atomic E-state index is 13.7. The van der Waals surface area contributed by atoms with Crippen LogP contribution in [0.1, 0.15) is 5.56 Å². The number of hydrogen-bond acceptors (Lipinski definition) is 2. The first-order chi connectivity index (χ1) is 8.63. The third-order valence-corrected chi connectivity index (χ3v) is 3.06. The van der Waals surface area contributed by atoms with Gasteiger partial charge in [-0.25, -0.2) is 8.78 Å². The fourth-order valence-corrected chi connectivity index (χ4v) is 2.01. The van der Waals surface area contributed by atoms with Gasteiger partial charge in [-0.1, -0.05) is 0 Å². The Labute approximate surface area is 104 Å². The van der Waals surface area contributed by atoms with Gasteiger partial charge in [0.1, 0.15) is 0 Å². The van der Waals surface area contributed by atoms with Crippen molar-refractivity contribution < 1.29 is 13.9 Å². The van der Waals surface area contributed by atoms with Gasteiger partial charge in [0, 0.05) is 30.2 Å². The van der Waals surface area contributed by atoms with Gasteiger partial charge in [0.25, 0.3) is 0 Å². The van der Waals surface area contributed by atoms with Crippen molar-refractivity contribution in [3.05, 3.63) is 35.5 Å². The lowest BCUT2D eigenvalue weighted by molar-refractivity contribution is 0.223. The van der Waals surface area contributed by atoms with Crippen LogP contribution >= 0.6 is 0 Å². The molecule has 2 aromatic rings. The summed E-state index contributed by atoms with van der Waals surface area (Å²) in [5.41, 5.74) is 1.36. The first-order valence-electron chi connectivity index (χ1n) is 5.87. The van der Waals surface area contributed by atoms with Gasteiger partial charge in [-0.2, -0.15) is 0 Å². The van der Waals surface area contributed by atoms with Crippen LogP contribution in [-0.2, 0) is 6.42 Å².